The zero-order valence-corrected chi connectivity index (χ0v) is 14.8. The van der Waals surface area contributed by atoms with Gasteiger partial charge in [-0.25, -0.2) is 0 Å². The Kier molecular flexibility index (Phi) is 5.13. The Balaban J connectivity index is 1.73. The van der Waals surface area contributed by atoms with E-state index >= 15 is 0 Å². The topological polar surface area (TPSA) is 32.3 Å². The highest BCUT2D eigenvalue weighted by Crippen LogP contribution is 2.25. The molecule has 0 bridgehead atoms. The van der Waals surface area contributed by atoms with E-state index in [1.807, 2.05) is 48.5 Å². The van der Waals surface area contributed by atoms with E-state index in [4.69, 9.17) is 0 Å². The highest BCUT2D eigenvalue weighted by atomic mass is 79.9. The van der Waals surface area contributed by atoms with E-state index in [0.717, 1.165) is 47.3 Å². The number of halogens is 1. The first-order valence-corrected chi connectivity index (χ1v) is 8.76. The van der Waals surface area contributed by atoms with Crippen LogP contribution >= 0.6 is 15.9 Å². The number of Topliss-reactive ketones (excluding diaryl/α,β-unsaturated/α-hetero) is 1. The summed E-state index contributed by atoms with van der Waals surface area (Å²) in [6.45, 7) is 2.01. The third kappa shape index (κ3) is 4.21. The molecule has 120 valence electrons. The van der Waals surface area contributed by atoms with Crippen molar-refractivity contribution in [3.63, 3.8) is 0 Å². The second-order valence-corrected chi connectivity index (χ2v) is 7.07. The lowest BCUT2D eigenvalue weighted by atomic mass is 9.89. The van der Waals surface area contributed by atoms with E-state index in [0.29, 0.717) is 0 Å². The van der Waals surface area contributed by atoms with Crippen molar-refractivity contribution in [2.24, 2.45) is 5.92 Å². The Morgan fingerprint density at radius 1 is 1.09 bits per heavy atom. The SMILES string of the molecule is CN1CCC(C(=O)c2cccc(Nc3cccc(Br)c3)c2)CC1. The molecule has 0 spiro atoms. The summed E-state index contributed by atoms with van der Waals surface area (Å²) in [7, 11) is 2.11. The minimum absolute atomic E-state index is 0.160. The molecular formula is C19H21BrN2O. The van der Waals surface area contributed by atoms with Gasteiger partial charge in [-0.1, -0.05) is 34.1 Å². The average Bonchev–Trinajstić information content (AvgIpc) is 2.55. The summed E-state index contributed by atoms with van der Waals surface area (Å²) in [6.07, 6.45) is 1.91. The Morgan fingerprint density at radius 2 is 1.74 bits per heavy atom. The average molecular weight is 373 g/mol. The van der Waals surface area contributed by atoms with Crippen molar-refractivity contribution in [2.45, 2.75) is 12.8 Å². The summed E-state index contributed by atoms with van der Waals surface area (Å²) in [5.74, 6) is 0.434. The summed E-state index contributed by atoms with van der Waals surface area (Å²) in [5.41, 5.74) is 2.75. The summed E-state index contributed by atoms with van der Waals surface area (Å²) in [6, 6.07) is 15.8. The van der Waals surface area contributed by atoms with Crippen molar-refractivity contribution in [2.75, 3.05) is 25.5 Å². The molecule has 1 fully saturated rings. The summed E-state index contributed by atoms with van der Waals surface area (Å²) in [4.78, 5) is 15.0. The van der Waals surface area contributed by atoms with Gasteiger partial charge in [0.15, 0.2) is 5.78 Å². The van der Waals surface area contributed by atoms with Gasteiger partial charge < -0.3 is 10.2 Å². The number of anilines is 2. The van der Waals surface area contributed by atoms with Crippen LogP contribution in [0.2, 0.25) is 0 Å². The molecule has 0 saturated carbocycles. The Labute approximate surface area is 145 Å². The van der Waals surface area contributed by atoms with Gasteiger partial charge in [0.1, 0.15) is 0 Å². The number of nitrogens with one attached hydrogen (secondary N) is 1. The Bertz CT molecular complexity index is 693. The molecule has 0 unspecified atom stereocenters. The van der Waals surface area contributed by atoms with E-state index in [-0.39, 0.29) is 11.7 Å². The number of ketones is 1. The molecule has 1 heterocycles. The van der Waals surface area contributed by atoms with Gasteiger partial charge in [-0.05, 0) is 63.3 Å². The predicted molar refractivity (Wildman–Crippen MR) is 98.4 cm³/mol. The normalized spacial score (nSPS) is 16.3. The molecule has 0 amide bonds. The smallest absolute Gasteiger partial charge is 0.166 e. The van der Waals surface area contributed by atoms with Crippen molar-refractivity contribution in [1.29, 1.82) is 0 Å². The molecule has 1 aliphatic rings. The van der Waals surface area contributed by atoms with Gasteiger partial charge in [-0.3, -0.25) is 4.79 Å². The van der Waals surface area contributed by atoms with Crippen molar-refractivity contribution in [3.8, 4) is 0 Å². The lowest BCUT2D eigenvalue weighted by Gasteiger charge is -2.28. The zero-order chi connectivity index (χ0) is 16.2. The minimum Gasteiger partial charge on any atom is -0.355 e. The number of likely N-dealkylation sites (tertiary alicyclic amines) is 1. The standard InChI is InChI=1S/C19H21BrN2O/c1-22-10-8-14(9-11-22)19(23)15-4-2-6-17(12-15)21-18-7-3-5-16(20)13-18/h2-7,12-14,21H,8-11H2,1H3. The summed E-state index contributed by atoms with van der Waals surface area (Å²) < 4.78 is 1.03. The van der Waals surface area contributed by atoms with Crippen LogP contribution < -0.4 is 5.32 Å². The monoisotopic (exact) mass is 372 g/mol. The maximum absolute atomic E-state index is 12.7. The van der Waals surface area contributed by atoms with Gasteiger partial charge >= 0.3 is 0 Å². The van der Waals surface area contributed by atoms with E-state index in [2.05, 4.69) is 33.2 Å². The van der Waals surface area contributed by atoms with Gasteiger partial charge in [0.05, 0.1) is 0 Å². The molecule has 0 aromatic heterocycles. The quantitative estimate of drug-likeness (QED) is 0.788. The number of carbonyl (C=O) groups is 1. The van der Waals surface area contributed by atoms with Gasteiger partial charge in [-0.15, -0.1) is 0 Å². The molecular weight excluding hydrogens is 352 g/mol. The van der Waals surface area contributed by atoms with Gasteiger partial charge in [0, 0.05) is 27.3 Å². The molecule has 3 nitrogen and oxygen atoms in total. The van der Waals surface area contributed by atoms with Crippen LogP contribution in [0.1, 0.15) is 23.2 Å². The van der Waals surface area contributed by atoms with Crippen molar-refractivity contribution in [3.05, 3.63) is 58.6 Å². The van der Waals surface area contributed by atoms with Crippen molar-refractivity contribution >= 4 is 33.1 Å². The fraction of sp³-hybridized carbons (Fsp3) is 0.316. The molecule has 0 aliphatic carbocycles. The van der Waals surface area contributed by atoms with E-state index in [9.17, 15) is 4.79 Å². The largest absolute Gasteiger partial charge is 0.355 e. The van der Waals surface area contributed by atoms with Gasteiger partial charge in [-0.2, -0.15) is 0 Å². The molecule has 1 saturated heterocycles. The van der Waals surface area contributed by atoms with Crippen LogP contribution in [0.15, 0.2) is 53.0 Å². The third-order valence-electron chi connectivity index (χ3n) is 4.35. The van der Waals surface area contributed by atoms with E-state index < -0.39 is 0 Å². The number of piperidine rings is 1. The Hall–Kier alpha value is -1.65. The first-order valence-electron chi connectivity index (χ1n) is 7.97. The van der Waals surface area contributed by atoms with E-state index in [1.165, 1.54) is 0 Å². The maximum Gasteiger partial charge on any atom is 0.166 e. The number of hydrogen-bond donors (Lipinski definition) is 1. The van der Waals surface area contributed by atoms with Crippen molar-refractivity contribution < 1.29 is 4.79 Å². The number of carbonyl (C=O) groups excluding carboxylic acids is 1. The fourth-order valence-corrected chi connectivity index (χ4v) is 3.39. The molecule has 4 heteroatoms. The predicted octanol–water partition coefficient (Wildman–Crippen LogP) is 4.72. The lowest BCUT2D eigenvalue weighted by Crippen LogP contribution is -2.33. The maximum atomic E-state index is 12.7. The van der Waals surface area contributed by atoms with Gasteiger partial charge in [0.2, 0.25) is 0 Å². The summed E-state index contributed by atoms with van der Waals surface area (Å²) >= 11 is 3.47. The number of benzene rings is 2. The summed E-state index contributed by atoms with van der Waals surface area (Å²) in [5, 5.41) is 3.36. The van der Waals surface area contributed by atoms with Crippen LogP contribution in [0.5, 0.6) is 0 Å². The number of hydrogen-bond acceptors (Lipinski definition) is 3. The third-order valence-corrected chi connectivity index (χ3v) is 4.84. The molecule has 1 aliphatic heterocycles. The minimum atomic E-state index is 0.160. The van der Waals surface area contributed by atoms with Crippen LogP contribution in [0.4, 0.5) is 11.4 Å². The van der Waals surface area contributed by atoms with E-state index in [1.54, 1.807) is 0 Å². The number of nitrogens with zero attached hydrogens (tertiary/aromatic N) is 1. The van der Waals surface area contributed by atoms with Crippen LogP contribution in [-0.2, 0) is 0 Å². The highest BCUT2D eigenvalue weighted by molar-refractivity contribution is 9.10. The fourth-order valence-electron chi connectivity index (χ4n) is 2.99. The molecule has 0 radical (unpaired) electrons. The van der Waals surface area contributed by atoms with Crippen LogP contribution in [0.25, 0.3) is 0 Å². The second-order valence-electron chi connectivity index (χ2n) is 6.16. The van der Waals surface area contributed by atoms with Crippen molar-refractivity contribution in [1.82, 2.24) is 4.90 Å². The van der Waals surface area contributed by atoms with Gasteiger partial charge in [0.25, 0.3) is 0 Å². The van der Waals surface area contributed by atoms with Crippen LogP contribution in [-0.4, -0.2) is 30.8 Å². The lowest BCUT2D eigenvalue weighted by molar-refractivity contribution is 0.0857. The molecule has 2 aromatic rings. The van der Waals surface area contributed by atoms with Crippen LogP contribution in [0.3, 0.4) is 0 Å². The molecule has 1 N–H and O–H groups in total. The second kappa shape index (κ2) is 7.28. The zero-order valence-electron chi connectivity index (χ0n) is 13.3. The molecule has 0 atom stereocenters. The number of rotatable bonds is 4. The molecule has 3 rings (SSSR count). The molecule has 23 heavy (non-hydrogen) atoms. The molecule has 2 aromatic carbocycles. The first kappa shape index (κ1) is 16.2. The highest BCUT2D eigenvalue weighted by Gasteiger charge is 2.24. The Morgan fingerprint density at radius 3 is 2.43 bits per heavy atom. The van der Waals surface area contributed by atoms with Crippen LogP contribution in [0, 0.1) is 5.92 Å². The first-order chi connectivity index (χ1) is 11.1.